The van der Waals surface area contributed by atoms with Gasteiger partial charge in [0.15, 0.2) is 11.5 Å². The number of aromatic nitrogens is 1. The first-order valence-corrected chi connectivity index (χ1v) is 8.92. The van der Waals surface area contributed by atoms with Gasteiger partial charge in [-0.3, -0.25) is 4.79 Å². The zero-order valence-corrected chi connectivity index (χ0v) is 14.9. The van der Waals surface area contributed by atoms with Crippen molar-refractivity contribution in [3.8, 4) is 22.1 Å². The van der Waals surface area contributed by atoms with Crippen molar-refractivity contribution >= 4 is 17.3 Å². The summed E-state index contributed by atoms with van der Waals surface area (Å²) in [4.78, 5) is 16.3. The normalized spacial score (nSPS) is 19.0. The van der Waals surface area contributed by atoms with Gasteiger partial charge >= 0.3 is 5.97 Å². The van der Waals surface area contributed by atoms with Crippen molar-refractivity contribution < 1.29 is 19.0 Å². The van der Waals surface area contributed by atoms with E-state index in [1.54, 1.807) is 7.11 Å². The van der Waals surface area contributed by atoms with Crippen molar-refractivity contribution in [2.24, 2.45) is 11.8 Å². The summed E-state index contributed by atoms with van der Waals surface area (Å²) >= 11 is 1.52. The number of rotatable bonds is 7. The van der Waals surface area contributed by atoms with Gasteiger partial charge < -0.3 is 14.2 Å². The third kappa shape index (κ3) is 3.70. The van der Waals surface area contributed by atoms with Crippen molar-refractivity contribution in [1.29, 1.82) is 0 Å². The summed E-state index contributed by atoms with van der Waals surface area (Å²) in [5.74, 6) is 1.83. The Hall–Kier alpha value is -2.08. The highest BCUT2D eigenvalue weighted by Gasteiger charge is 2.40. The molecule has 1 aliphatic carbocycles. The van der Waals surface area contributed by atoms with Crippen LogP contribution in [-0.2, 0) is 16.1 Å². The summed E-state index contributed by atoms with van der Waals surface area (Å²) in [6.07, 6.45) is 0.938. The van der Waals surface area contributed by atoms with Gasteiger partial charge in [-0.1, -0.05) is 6.92 Å². The maximum atomic E-state index is 11.8. The molecule has 0 amide bonds. The topological polar surface area (TPSA) is 57.7 Å². The van der Waals surface area contributed by atoms with E-state index in [1.165, 1.54) is 11.3 Å². The van der Waals surface area contributed by atoms with Crippen molar-refractivity contribution in [1.82, 2.24) is 4.98 Å². The van der Waals surface area contributed by atoms with Gasteiger partial charge in [-0.05, 0) is 37.5 Å². The van der Waals surface area contributed by atoms with Crippen LogP contribution in [-0.4, -0.2) is 24.7 Å². The Bertz CT molecular complexity index is 728. The fraction of sp³-hybridized carbons (Fsp3) is 0.444. The van der Waals surface area contributed by atoms with Crippen molar-refractivity contribution in [2.45, 2.75) is 26.9 Å². The van der Waals surface area contributed by atoms with E-state index in [0.29, 0.717) is 24.0 Å². The van der Waals surface area contributed by atoms with Gasteiger partial charge in [0.25, 0.3) is 0 Å². The summed E-state index contributed by atoms with van der Waals surface area (Å²) < 4.78 is 16.2. The number of hydrogen-bond acceptors (Lipinski definition) is 6. The van der Waals surface area contributed by atoms with Gasteiger partial charge in [0.05, 0.1) is 25.3 Å². The second-order valence-corrected chi connectivity index (χ2v) is 6.73. The van der Waals surface area contributed by atoms with Crippen LogP contribution < -0.4 is 9.47 Å². The third-order valence-electron chi connectivity index (χ3n) is 4.04. The predicted molar refractivity (Wildman–Crippen MR) is 92.3 cm³/mol. The molecule has 1 aliphatic rings. The molecule has 24 heavy (non-hydrogen) atoms. The van der Waals surface area contributed by atoms with E-state index in [4.69, 9.17) is 14.2 Å². The van der Waals surface area contributed by atoms with Crippen LogP contribution in [0.1, 0.15) is 26.0 Å². The molecule has 2 aromatic rings. The van der Waals surface area contributed by atoms with Gasteiger partial charge in [0.2, 0.25) is 0 Å². The van der Waals surface area contributed by atoms with Crippen molar-refractivity contribution in [3.05, 3.63) is 29.3 Å². The van der Waals surface area contributed by atoms with Crippen molar-refractivity contribution in [2.75, 3.05) is 13.7 Å². The number of thiazole rings is 1. The highest BCUT2D eigenvalue weighted by Crippen LogP contribution is 2.39. The number of carbonyl (C=O) groups is 1. The molecule has 0 aliphatic heterocycles. The highest BCUT2D eigenvalue weighted by atomic mass is 32.1. The second-order valence-electron chi connectivity index (χ2n) is 5.87. The Morgan fingerprint density at radius 3 is 2.83 bits per heavy atom. The number of esters is 1. The van der Waals surface area contributed by atoms with E-state index in [0.717, 1.165) is 22.7 Å². The van der Waals surface area contributed by atoms with Crippen molar-refractivity contribution in [3.63, 3.8) is 0 Å². The zero-order chi connectivity index (χ0) is 17.1. The molecule has 3 rings (SSSR count). The molecule has 5 nitrogen and oxygen atoms in total. The Labute approximate surface area is 145 Å². The van der Waals surface area contributed by atoms with E-state index in [1.807, 2.05) is 30.5 Å². The molecule has 0 bridgehead atoms. The van der Waals surface area contributed by atoms with Crippen LogP contribution in [0.15, 0.2) is 23.6 Å². The smallest absolute Gasteiger partial charge is 0.309 e. The number of carbonyl (C=O) groups excluding carboxylic acids is 1. The van der Waals surface area contributed by atoms with E-state index < -0.39 is 0 Å². The first kappa shape index (κ1) is 16.8. The second kappa shape index (κ2) is 7.21. The molecule has 0 saturated heterocycles. The van der Waals surface area contributed by atoms with Crippen LogP contribution in [0.5, 0.6) is 11.5 Å². The van der Waals surface area contributed by atoms with E-state index >= 15 is 0 Å². The van der Waals surface area contributed by atoms with Crippen LogP contribution in [0.25, 0.3) is 10.6 Å². The van der Waals surface area contributed by atoms with Gasteiger partial charge in [-0.15, -0.1) is 11.3 Å². The molecular formula is C18H21NO4S. The van der Waals surface area contributed by atoms with E-state index in [2.05, 4.69) is 11.9 Å². The number of nitrogens with zero attached hydrogens (tertiary/aromatic N) is 1. The molecule has 128 valence electrons. The van der Waals surface area contributed by atoms with E-state index in [9.17, 15) is 4.79 Å². The molecule has 1 fully saturated rings. The molecule has 2 atom stereocenters. The molecule has 1 aromatic carbocycles. The SMILES string of the molecule is CCOc1ccc(-c2nc(COC(=O)[C@H]3C[C@H]3C)cs2)cc1OC. The van der Waals surface area contributed by atoms with Gasteiger partial charge in [-0.25, -0.2) is 4.98 Å². The first-order valence-electron chi connectivity index (χ1n) is 8.04. The largest absolute Gasteiger partial charge is 0.493 e. The lowest BCUT2D eigenvalue weighted by Crippen LogP contribution is -2.07. The van der Waals surface area contributed by atoms with Gasteiger partial charge in [-0.2, -0.15) is 0 Å². The minimum atomic E-state index is -0.111. The number of ether oxygens (including phenoxy) is 3. The summed E-state index contributed by atoms with van der Waals surface area (Å²) in [5, 5.41) is 2.78. The minimum Gasteiger partial charge on any atom is -0.493 e. The molecule has 1 heterocycles. The van der Waals surface area contributed by atoms with Crippen LogP contribution in [0.2, 0.25) is 0 Å². The van der Waals surface area contributed by atoms with Gasteiger partial charge in [0.1, 0.15) is 11.6 Å². The summed E-state index contributed by atoms with van der Waals surface area (Å²) in [6.45, 7) is 4.81. The summed E-state index contributed by atoms with van der Waals surface area (Å²) in [5.41, 5.74) is 1.72. The minimum absolute atomic E-state index is 0.0819. The Morgan fingerprint density at radius 1 is 1.38 bits per heavy atom. The molecule has 6 heteroatoms. The maximum absolute atomic E-state index is 11.8. The third-order valence-corrected chi connectivity index (χ3v) is 4.98. The van der Waals surface area contributed by atoms with Crippen LogP contribution >= 0.6 is 11.3 Å². The molecule has 0 radical (unpaired) electrons. The van der Waals surface area contributed by atoms with Crippen LogP contribution in [0.3, 0.4) is 0 Å². The molecule has 1 saturated carbocycles. The molecule has 1 aromatic heterocycles. The predicted octanol–water partition coefficient (Wildman–Crippen LogP) is 3.92. The maximum Gasteiger partial charge on any atom is 0.309 e. The number of hydrogen-bond donors (Lipinski definition) is 0. The summed E-state index contributed by atoms with van der Waals surface area (Å²) in [7, 11) is 1.62. The fourth-order valence-corrected chi connectivity index (χ4v) is 3.29. The monoisotopic (exact) mass is 347 g/mol. The quantitative estimate of drug-likeness (QED) is 0.711. The summed E-state index contributed by atoms with van der Waals surface area (Å²) in [6, 6.07) is 5.74. The average molecular weight is 347 g/mol. The standard InChI is InChI=1S/C18H21NO4S/c1-4-22-15-6-5-12(8-16(15)21-3)17-19-13(10-24-17)9-23-18(20)14-7-11(14)2/h5-6,8,10-11,14H,4,7,9H2,1-3H3/t11-,14+/m1/s1. The highest BCUT2D eigenvalue weighted by molar-refractivity contribution is 7.13. The lowest BCUT2D eigenvalue weighted by Gasteiger charge is -2.09. The lowest BCUT2D eigenvalue weighted by atomic mass is 10.2. The molecular weight excluding hydrogens is 326 g/mol. The Balaban J connectivity index is 1.67. The first-order chi connectivity index (χ1) is 11.6. The van der Waals surface area contributed by atoms with Gasteiger partial charge in [0, 0.05) is 10.9 Å². The molecule has 0 unspecified atom stereocenters. The lowest BCUT2D eigenvalue weighted by molar-refractivity contribution is -0.146. The number of benzene rings is 1. The molecule has 0 spiro atoms. The Morgan fingerprint density at radius 2 is 2.17 bits per heavy atom. The van der Waals surface area contributed by atoms with Crippen LogP contribution in [0.4, 0.5) is 0 Å². The average Bonchev–Trinajstić information content (AvgIpc) is 3.14. The van der Waals surface area contributed by atoms with E-state index in [-0.39, 0.29) is 18.5 Å². The zero-order valence-electron chi connectivity index (χ0n) is 14.1. The molecule has 0 N–H and O–H groups in total. The number of methoxy groups -OCH3 is 1. The fourth-order valence-electron chi connectivity index (χ4n) is 2.48. The Kier molecular flexibility index (Phi) is 5.04. The van der Waals surface area contributed by atoms with Crippen LogP contribution in [0, 0.1) is 11.8 Å².